The molecule has 180 valence electrons. The molecule has 1 aromatic rings. The molecule has 34 heavy (non-hydrogen) atoms. The van der Waals surface area contributed by atoms with E-state index < -0.39 is 5.41 Å². The Kier molecular flexibility index (Phi) is 4.95. The number of nitrogens with zero attached hydrogens (tertiary/aromatic N) is 2. The lowest BCUT2D eigenvalue weighted by molar-refractivity contribution is -0.140. The number of para-hydroxylation sites is 1. The molecule has 3 heterocycles. The smallest absolute Gasteiger partial charge is 0.242 e. The monoisotopic (exact) mass is 466 g/mol. The summed E-state index contributed by atoms with van der Waals surface area (Å²) in [5.41, 5.74) is 1.07. The number of carbonyl (C=O) groups is 4. The van der Waals surface area contributed by atoms with Gasteiger partial charge in [0.15, 0.2) is 0 Å². The van der Waals surface area contributed by atoms with Crippen molar-refractivity contribution in [2.24, 2.45) is 11.3 Å². The second-order valence-corrected chi connectivity index (χ2v) is 10.5. The maximum Gasteiger partial charge on any atom is 0.242 e. The normalized spacial score (nSPS) is 25.6. The first kappa shape index (κ1) is 21.6. The number of hydrogen-bond donors (Lipinski definition) is 2. The Bertz CT molecular complexity index is 1060. The van der Waals surface area contributed by atoms with E-state index in [1.807, 2.05) is 24.3 Å². The maximum absolute atomic E-state index is 13.5. The van der Waals surface area contributed by atoms with Crippen LogP contribution in [0.1, 0.15) is 37.7 Å². The number of fused-ring (bicyclic) bond motifs is 2. The van der Waals surface area contributed by atoms with Crippen molar-refractivity contribution in [3.8, 4) is 0 Å². The van der Waals surface area contributed by atoms with Gasteiger partial charge in [-0.15, -0.1) is 0 Å². The molecular formula is C25H30N4O5. The summed E-state index contributed by atoms with van der Waals surface area (Å²) in [4.78, 5) is 54.2. The van der Waals surface area contributed by atoms with Crippen LogP contribution >= 0.6 is 0 Å². The molecule has 9 nitrogen and oxygen atoms in total. The van der Waals surface area contributed by atoms with Crippen LogP contribution in [0.15, 0.2) is 24.3 Å². The van der Waals surface area contributed by atoms with Gasteiger partial charge >= 0.3 is 0 Å². The van der Waals surface area contributed by atoms with Crippen LogP contribution in [0.2, 0.25) is 0 Å². The zero-order chi connectivity index (χ0) is 23.5. The van der Waals surface area contributed by atoms with E-state index in [0.717, 1.165) is 30.5 Å². The lowest BCUT2D eigenvalue weighted by Crippen LogP contribution is -2.57. The predicted octanol–water partition coefficient (Wildman–Crippen LogP) is 0.325. The van der Waals surface area contributed by atoms with Gasteiger partial charge in [-0.3, -0.25) is 19.2 Å². The van der Waals surface area contributed by atoms with E-state index >= 15 is 0 Å². The van der Waals surface area contributed by atoms with Gasteiger partial charge in [0.25, 0.3) is 0 Å². The third-order valence-corrected chi connectivity index (χ3v) is 8.24. The number of anilines is 1. The van der Waals surface area contributed by atoms with Crippen molar-refractivity contribution in [3.05, 3.63) is 29.8 Å². The fourth-order valence-corrected chi connectivity index (χ4v) is 5.95. The molecule has 4 amide bonds. The molecule has 2 spiro atoms. The molecule has 2 saturated heterocycles. The topological polar surface area (TPSA) is 108 Å². The fourth-order valence-electron chi connectivity index (χ4n) is 5.95. The lowest BCUT2D eigenvalue weighted by atomic mass is 9.75. The number of ether oxygens (including phenoxy) is 1. The van der Waals surface area contributed by atoms with Crippen molar-refractivity contribution in [2.75, 3.05) is 44.3 Å². The quantitative estimate of drug-likeness (QED) is 0.628. The van der Waals surface area contributed by atoms with Gasteiger partial charge in [0.1, 0.15) is 6.54 Å². The molecule has 2 aliphatic carbocycles. The molecule has 6 rings (SSSR count). The highest BCUT2D eigenvalue weighted by Crippen LogP contribution is 2.58. The van der Waals surface area contributed by atoms with Crippen molar-refractivity contribution in [2.45, 2.75) is 43.6 Å². The van der Waals surface area contributed by atoms with Gasteiger partial charge in [-0.05, 0) is 43.7 Å². The molecular weight excluding hydrogens is 436 g/mol. The minimum Gasteiger partial charge on any atom is -0.381 e. The second-order valence-electron chi connectivity index (χ2n) is 10.5. The first-order valence-electron chi connectivity index (χ1n) is 12.3. The van der Waals surface area contributed by atoms with E-state index in [0.29, 0.717) is 39.1 Å². The number of hydrogen-bond acceptors (Lipinski definition) is 5. The Balaban J connectivity index is 1.04. The standard InChI is InChI=1S/C25H30N4O5/c30-20(27-16-5-6-16)12-26-22(32)18-11-24(18)14-28(15-24)21(31)13-29-19-4-2-1-3-17(19)25(23(29)33)7-9-34-10-8-25/h1-4,16,18H,5-15H2,(H,26,32)(H,27,30). The van der Waals surface area contributed by atoms with Crippen molar-refractivity contribution in [1.29, 1.82) is 0 Å². The maximum atomic E-state index is 13.5. The van der Waals surface area contributed by atoms with Crippen LogP contribution in [-0.4, -0.2) is 74.0 Å². The first-order chi connectivity index (χ1) is 16.4. The van der Waals surface area contributed by atoms with Crippen molar-refractivity contribution in [3.63, 3.8) is 0 Å². The Morgan fingerprint density at radius 2 is 1.82 bits per heavy atom. The summed E-state index contributed by atoms with van der Waals surface area (Å²) in [6.07, 6.45) is 4.03. The third-order valence-electron chi connectivity index (χ3n) is 8.24. The Labute approximate surface area is 198 Å². The summed E-state index contributed by atoms with van der Waals surface area (Å²) in [6.45, 7) is 2.17. The van der Waals surface area contributed by atoms with Gasteiger partial charge < -0.3 is 25.2 Å². The minimum absolute atomic E-state index is 0.00580. The zero-order valence-corrected chi connectivity index (χ0v) is 19.2. The van der Waals surface area contributed by atoms with E-state index in [2.05, 4.69) is 10.6 Å². The van der Waals surface area contributed by atoms with Crippen LogP contribution in [0.4, 0.5) is 5.69 Å². The molecule has 3 aliphatic heterocycles. The molecule has 9 heteroatoms. The van der Waals surface area contributed by atoms with Crippen molar-refractivity contribution in [1.82, 2.24) is 15.5 Å². The van der Waals surface area contributed by atoms with Crippen LogP contribution in [0.5, 0.6) is 0 Å². The predicted molar refractivity (Wildman–Crippen MR) is 122 cm³/mol. The summed E-state index contributed by atoms with van der Waals surface area (Å²) in [5.74, 6) is -0.497. The van der Waals surface area contributed by atoms with Gasteiger partial charge in [0, 0.05) is 49.4 Å². The zero-order valence-electron chi connectivity index (χ0n) is 19.2. The number of benzene rings is 1. The van der Waals surface area contributed by atoms with Gasteiger partial charge in [0.05, 0.1) is 12.0 Å². The summed E-state index contributed by atoms with van der Waals surface area (Å²) < 4.78 is 5.51. The van der Waals surface area contributed by atoms with Crippen LogP contribution < -0.4 is 15.5 Å². The van der Waals surface area contributed by atoms with Crippen LogP contribution in [-0.2, 0) is 29.3 Å². The average molecular weight is 467 g/mol. The van der Waals surface area contributed by atoms with Gasteiger partial charge in [-0.25, -0.2) is 0 Å². The Morgan fingerprint density at radius 1 is 1.09 bits per heavy atom. The van der Waals surface area contributed by atoms with Gasteiger partial charge in [-0.2, -0.15) is 0 Å². The largest absolute Gasteiger partial charge is 0.381 e. The molecule has 1 atom stereocenters. The van der Waals surface area contributed by atoms with Gasteiger partial charge in [-0.1, -0.05) is 18.2 Å². The Hall–Kier alpha value is -2.94. The van der Waals surface area contributed by atoms with Crippen LogP contribution in [0.25, 0.3) is 0 Å². The molecule has 0 aromatic heterocycles. The van der Waals surface area contributed by atoms with E-state index in [-0.39, 0.29) is 54.1 Å². The number of rotatable bonds is 6. The van der Waals surface area contributed by atoms with Crippen molar-refractivity contribution >= 4 is 29.3 Å². The minimum atomic E-state index is -0.587. The second kappa shape index (κ2) is 7.80. The molecule has 0 bridgehead atoms. The van der Waals surface area contributed by atoms with Crippen molar-refractivity contribution < 1.29 is 23.9 Å². The fraction of sp³-hybridized carbons (Fsp3) is 0.600. The number of amides is 4. The number of likely N-dealkylation sites (tertiary alicyclic amines) is 1. The van der Waals surface area contributed by atoms with E-state index in [1.165, 1.54) is 0 Å². The molecule has 4 fully saturated rings. The number of nitrogens with one attached hydrogen (secondary N) is 2. The summed E-state index contributed by atoms with van der Waals surface area (Å²) >= 11 is 0. The molecule has 2 N–H and O–H groups in total. The summed E-state index contributed by atoms with van der Waals surface area (Å²) in [5, 5.41) is 5.60. The third kappa shape index (κ3) is 3.48. The Morgan fingerprint density at radius 3 is 2.56 bits per heavy atom. The highest BCUT2D eigenvalue weighted by molar-refractivity contribution is 6.10. The molecule has 2 saturated carbocycles. The van der Waals surface area contributed by atoms with E-state index in [4.69, 9.17) is 4.74 Å². The molecule has 1 aromatic carbocycles. The first-order valence-corrected chi connectivity index (χ1v) is 12.3. The highest BCUT2D eigenvalue weighted by atomic mass is 16.5. The summed E-state index contributed by atoms with van der Waals surface area (Å²) in [6, 6.07) is 8.04. The lowest BCUT2D eigenvalue weighted by Gasteiger charge is -2.41. The molecule has 0 radical (unpaired) electrons. The molecule has 5 aliphatic rings. The highest BCUT2D eigenvalue weighted by Gasteiger charge is 2.65. The van der Waals surface area contributed by atoms with E-state index in [1.54, 1.807) is 9.80 Å². The van der Waals surface area contributed by atoms with Gasteiger partial charge in [0.2, 0.25) is 23.6 Å². The summed E-state index contributed by atoms with van der Waals surface area (Å²) in [7, 11) is 0. The van der Waals surface area contributed by atoms with Crippen LogP contribution in [0, 0.1) is 11.3 Å². The van der Waals surface area contributed by atoms with E-state index in [9.17, 15) is 19.2 Å². The average Bonchev–Trinajstić information content (AvgIpc) is 3.74. The SMILES string of the molecule is O=C(CNC(=O)C1CC12CN(C(=O)CN1C(=O)C3(CCOCC3)c3ccccc31)C2)NC1CC1. The van der Waals surface area contributed by atoms with Crippen LogP contribution in [0.3, 0.4) is 0 Å². The molecule has 1 unspecified atom stereocenters. The number of carbonyl (C=O) groups excluding carboxylic acids is 4.